The zero-order valence-corrected chi connectivity index (χ0v) is 21.4. The molecule has 2 amide bonds. The van der Waals surface area contributed by atoms with Gasteiger partial charge in [-0.3, -0.25) is 14.2 Å². The Morgan fingerprint density at radius 3 is 2.39 bits per heavy atom. The van der Waals surface area contributed by atoms with Crippen molar-refractivity contribution in [2.24, 2.45) is 5.73 Å². The number of fused-ring (bicyclic) bond motifs is 1. The van der Waals surface area contributed by atoms with Crippen molar-refractivity contribution < 1.29 is 18.0 Å². The zero-order valence-electron chi connectivity index (χ0n) is 19.1. The summed E-state index contributed by atoms with van der Waals surface area (Å²) in [7, 11) is -4.33. The number of nitrogens with zero attached hydrogens (tertiary/aromatic N) is 4. The second-order valence-corrected chi connectivity index (χ2v) is 11.0. The van der Waals surface area contributed by atoms with E-state index in [1.807, 2.05) is 6.07 Å². The highest BCUT2D eigenvalue weighted by molar-refractivity contribution is 7.89. The number of halogens is 2. The summed E-state index contributed by atoms with van der Waals surface area (Å²) in [6, 6.07) is 11.9. The minimum atomic E-state index is -4.33. The molecule has 0 aliphatic carbocycles. The SMILES string of the molecule is C[C@H](NS(=O)(=O)c1cnc2n1[C@](C)(Cc1ccc(C#N)cc1)C(=O)N2c1cc(Cl)cc(Cl)c1)C(N)=O. The van der Waals surface area contributed by atoms with Crippen molar-refractivity contribution in [2.75, 3.05) is 4.90 Å². The molecule has 3 aromatic rings. The summed E-state index contributed by atoms with van der Waals surface area (Å²) in [5, 5.41) is 9.32. The summed E-state index contributed by atoms with van der Waals surface area (Å²) in [6.45, 7) is 2.89. The molecule has 10 nitrogen and oxygen atoms in total. The van der Waals surface area contributed by atoms with E-state index < -0.39 is 33.4 Å². The summed E-state index contributed by atoms with van der Waals surface area (Å²) in [6.07, 6.45) is 1.17. The predicted octanol–water partition coefficient (Wildman–Crippen LogP) is 2.85. The highest BCUT2D eigenvalue weighted by atomic mass is 35.5. The van der Waals surface area contributed by atoms with Gasteiger partial charge in [-0.05, 0) is 49.7 Å². The lowest BCUT2D eigenvalue weighted by Crippen LogP contribution is -2.45. The molecule has 0 spiro atoms. The van der Waals surface area contributed by atoms with Crippen LogP contribution in [0.3, 0.4) is 0 Å². The molecule has 0 fully saturated rings. The molecule has 2 atom stereocenters. The highest BCUT2D eigenvalue weighted by Gasteiger charge is 2.52. The minimum Gasteiger partial charge on any atom is -0.368 e. The molecule has 3 N–H and O–H groups in total. The molecule has 186 valence electrons. The number of nitrogens with one attached hydrogen (secondary N) is 1. The molecule has 0 bridgehead atoms. The Hall–Kier alpha value is -3.43. The van der Waals surface area contributed by atoms with Gasteiger partial charge in [-0.1, -0.05) is 35.3 Å². The Morgan fingerprint density at radius 1 is 1.22 bits per heavy atom. The quantitative estimate of drug-likeness (QED) is 0.464. The van der Waals surface area contributed by atoms with E-state index in [1.54, 1.807) is 31.2 Å². The van der Waals surface area contributed by atoms with Crippen LogP contribution in [0.15, 0.2) is 53.7 Å². The summed E-state index contributed by atoms with van der Waals surface area (Å²) < 4.78 is 30.0. The Bertz CT molecular complexity index is 1510. The molecule has 0 saturated carbocycles. The van der Waals surface area contributed by atoms with E-state index >= 15 is 0 Å². The van der Waals surface area contributed by atoms with Gasteiger partial charge < -0.3 is 5.73 Å². The number of benzene rings is 2. The lowest BCUT2D eigenvalue weighted by atomic mass is 9.91. The molecule has 0 saturated heterocycles. The third-order valence-electron chi connectivity index (χ3n) is 5.84. The zero-order chi connectivity index (χ0) is 26.4. The molecule has 0 radical (unpaired) electrons. The molecule has 13 heteroatoms. The van der Waals surface area contributed by atoms with Crippen LogP contribution in [-0.2, 0) is 31.6 Å². The normalized spacial score (nSPS) is 18.1. The van der Waals surface area contributed by atoms with E-state index in [4.69, 9.17) is 34.2 Å². The maximum atomic E-state index is 13.9. The second-order valence-electron chi connectivity index (χ2n) is 8.50. The number of carbonyl (C=O) groups excluding carboxylic acids is 2. The third-order valence-corrected chi connectivity index (χ3v) is 7.78. The average Bonchev–Trinajstić information content (AvgIpc) is 3.32. The van der Waals surface area contributed by atoms with Gasteiger partial charge in [0.2, 0.25) is 11.9 Å². The molecular formula is C23H20Cl2N6O4S. The van der Waals surface area contributed by atoms with Crippen LogP contribution in [0.4, 0.5) is 11.6 Å². The van der Waals surface area contributed by atoms with Crippen LogP contribution in [0.5, 0.6) is 0 Å². The van der Waals surface area contributed by atoms with Gasteiger partial charge in [0, 0.05) is 16.5 Å². The fourth-order valence-electron chi connectivity index (χ4n) is 4.07. The molecule has 2 heterocycles. The first kappa shape index (κ1) is 25.7. The van der Waals surface area contributed by atoms with Crippen LogP contribution < -0.4 is 15.4 Å². The molecule has 36 heavy (non-hydrogen) atoms. The van der Waals surface area contributed by atoms with Crippen molar-refractivity contribution in [3.8, 4) is 6.07 Å². The fraction of sp³-hybridized carbons (Fsp3) is 0.217. The van der Waals surface area contributed by atoms with Crippen LogP contribution in [-0.4, -0.2) is 35.8 Å². The number of primary amides is 1. The van der Waals surface area contributed by atoms with E-state index in [0.29, 0.717) is 16.8 Å². The van der Waals surface area contributed by atoms with Crippen LogP contribution >= 0.6 is 23.2 Å². The number of imidazole rings is 1. The Labute approximate surface area is 217 Å². The van der Waals surface area contributed by atoms with E-state index in [1.165, 1.54) is 34.6 Å². The lowest BCUT2D eigenvalue weighted by molar-refractivity contribution is -0.124. The van der Waals surface area contributed by atoms with Gasteiger partial charge in [-0.25, -0.2) is 18.3 Å². The van der Waals surface area contributed by atoms with Crippen molar-refractivity contribution in [1.82, 2.24) is 14.3 Å². The minimum absolute atomic E-state index is 0.0292. The highest BCUT2D eigenvalue weighted by Crippen LogP contribution is 2.44. The molecule has 1 aliphatic heterocycles. The second kappa shape index (κ2) is 9.22. The Kier molecular flexibility index (Phi) is 6.57. The smallest absolute Gasteiger partial charge is 0.260 e. The van der Waals surface area contributed by atoms with Gasteiger partial charge in [-0.15, -0.1) is 0 Å². The first-order chi connectivity index (χ1) is 16.9. The summed E-state index contributed by atoms with van der Waals surface area (Å²) >= 11 is 12.3. The molecule has 2 aromatic carbocycles. The largest absolute Gasteiger partial charge is 0.368 e. The van der Waals surface area contributed by atoms with Gasteiger partial charge in [-0.2, -0.15) is 9.98 Å². The number of rotatable bonds is 7. The number of nitrogens with two attached hydrogens (primary N) is 1. The first-order valence-electron chi connectivity index (χ1n) is 10.6. The molecule has 4 rings (SSSR count). The number of hydrogen-bond acceptors (Lipinski definition) is 6. The number of aromatic nitrogens is 2. The van der Waals surface area contributed by atoms with E-state index in [2.05, 4.69) is 9.71 Å². The molecular weight excluding hydrogens is 527 g/mol. The maximum Gasteiger partial charge on any atom is 0.260 e. The van der Waals surface area contributed by atoms with Crippen LogP contribution in [0, 0.1) is 11.3 Å². The molecule has 1 aliphatic rings. The number of sulfonamides is 1. The van der Waals surface area contributed by atoms with Gasteiger partial charge in [0.1, 0.15) is 5.54 Å². The third kappa shape index (κ3) is 4.44. The van der Waals surface area contributed by atoms with Crippen LogP contribution in [0.1, 0.15) is 25.0 Å². The summed E-state index contributed by atoms with van der Waals surface area (Å²) in [4.78, 5) is 31.0. The van der Waals surface area contributed by atoms with Gasteiger partial charge in [0.15, 0.2) is 5.03 Å². The fourth-order valence-corrected chi connectivity index (χ4v) is 6.00. The van der Waals surface area contributed by atoms with E-state index in [0.717, 1.165) is 6.20 Å². The standard InChI is InChI=1S/C23H20Cl2N6O4S/c1-13(20(27)32)29-36(34,35)19-12-28-22-30(18-8-16(24)7-17(25)9-18)21(33)23(2,31(19)22)10-14-3-5-15(11-26)6-4-14/h3-9,12-13,29H,10H2,1-2H3,(H2,27,32)/t13-,23+/m0/s1. The number of hydrogen-bond donors (Lipinski definition) is 2. The van der Waals surface area contributed by atoms with Gasteiger partial charge >= 0.3 is 0 Å². The van der Waals surface area contributed by atoms with Crippen molar-refractivity contribution in [3.63, 3.8) is 0 Å². The van der Waals surface area contributed by atoms with Gasteiger partial charge in [0.05, 0.1) is 29.6 Å². The van der Waals surface area contributed by atoms with Gasteiger partial charge in [0.25, 0.3) is 15.9 Å². The Morgan fingerprint density at radius 2 is 1.83 bits per heavy atom. The van der Waals surface area contributed by atoms with Crippen molar-refractivity contribution in [3.05, 3.63) is 69.8 Å². The number of carbonyl (C=O) groups is 2. The number of nitriles is 1. The summed E-state index contributed by atoms with van der Waals surface area (Å²) in [5.74, 6) is -1.32. The molecule has 0 unspecified atom stereocenters. The van der Waals surface area contributed by atoms with Crippen molar-refractivity contribution in [2.45, 2.75) is 36.9 Å². The van der Waals surface area contributed by atoms with Crippen molar-refractivity contribution in [1.29, 1.82) is 5.26 Å². The molecule has 1 aromatic heterocycles. The van der Waals surface area contributed by atoms with E-state index in [-0.39, 0.29) is 27.4 Å². The Balaban J connectivity index is 1.90. The topological polar surface area (TPSA) is 151 Å². The summed E-state index contributed by atoms with van der Waals surface area (Å²) in [5.41, 5.74) is 5.19. The van der Waals surface area contributed by atoms with E-state index in [9.17, 15) is 18.0 Å². The maximum absolute atomic E-state index is 13.9. The first-order valence-corrected chi connectivity index (χ1v) is 12.8. The average molecular weight is 547 g/mol. The monoisotopic (exact) mass is 546 g/mol. The lowest BCUT2D eigenvalue weighted by Gasteiger charge is -2.27. The van der Waals surface area contributed by atoms with Crippen molar-refractivity contribution >= 4 is 56.7 Å². The van der Waals surface area contributed by atoms with Crippen LogP contribution in [0.25, 0.3) is 0 Å². The van der Waals surface area contributed by atoms with Crippen LogP contribution in [0.2, 0.25) is 10.0 Å². The number of amides is 2. The number of anilines is 2. The predicted molar refractivity (Wildman–Crippen MR) is 133 cm³/mol.